The molecule has 0 aromatic carbocycles. The predicted molar refractivity (Wildman–Crippen MR) is 132 cm³/mol. The van der Waals surface area contributed by atoms with Gasteiger partial charge in [0.15, 0.2) is 0 Å². The fourth-order valence-electron chi connectivity index (χ4n) is 3.03. The lowest BCUT2D eigenvalue weighted by Gasteiger charge is -2.04. The Balaban J connectivity index is -0.00000220. The lowest BCUT2D eigenvalue weighted by Crippen LogP contribution is -2.23. The first-order valence-corrected chi connectivity index (χ1v) is 10.3. The van der Waals surface area contributed by atoms with Crippen molar-refractivity contribution >= 4 is 48.0 Å². The average Bonchev–Trinajstić information content (AvgIpc) is 2.54. The first-order valence-electron chi connectivity index (χ1n) is 10.3. The van der Waals surface area contributed by atoms with Crippen LogP contribution in [0.15, 0.2) is 0 Å². The molecule has 0 unspecified atom stereocenters. The van der Waals surface area contributed by atoms with Crippen LogP contribution in [0.25, 0.3) is 0 Å². The van der Waals surface area contributed by atoms with E-state index in [-0.39, 0.29) is 48.0 Å². The molecule has 0 aliphatic carbocycles. The Kier molecular flexibility index (Phi) is 36.6. The molecule has 0 aromatic heterocycles. The third-order valence-electron chi connectivity index (χ3n) is 4.53. The van der Waals surface area contributed by atoms with Gasteiger partial charge in [-0.15, -0.1) is 48.0 Å². The van der Waals surface area contributed by atoms with Gasteiger partial charge >= 0.3 is 0 Å². The van der Waals surface area contributed by atoms with Crippen molar-refractivity contribution in [3.05, 3.63) is 0 Å². The molecule has 0 rings (SSSR count). The van der Waals surface area contributed by atoms with Crippen LogP contribution in [0.2, 0.25) is 0 Å². The Hall–Kier alpha value is 1.38. The molecule has 0 fully saturated rings. The van der Waals surface area contributed by atoms with Gasteiger partial charge in [0.05, 0.1) is 0 Å². The number of hydrogen-bond donors (Lipinski definition) is 2. The number of nitrogens with one attached hydrogen (secondary N) is 1. The number of nitrogens with two attached hydrogens (primary N) is 1. The number of hydrogen-bond acceptors (Lipinski definition) is 2. The van der Waals surface area contributed by atoms with Gasteiger partial charge < -0.3 is 11.1 Å². The van der Waals surface area contributed by atoms with Crippen LogP contribution in [0.3, 0.4) is 0 Å². The van der Waals surface area contributed by atoms with Crippen LogP contribution in [0.4, 0.5) is 0 Å². The molecule has 0 amide bonds. The first-order chi connectivity index (χ1) is 10.9. The summed E-state index contributed by atoms with van der Waals surface area (Å²) >= 11 is 0. The van der Waals surface area contributed by atoms with Gasteiger partial charge in [-0.2, -0.15) is 0 Å². The molecule has 0 saturated heterocycles. The van der Waals surface area contributed by atoms with Crippen molar-refractivity contribution in [2.75, 3.05) is 19.6 Å². The zero-order chi connectivity index (χ0) is 16.1. The molecule has 0 saturated carbocycles. The fourth-order valence-corrected chi connectivity index (χ4v) is 3.03. The van der Waals surface area contributed by atoms with Gasteiger partial charge in [0, 0.05) is 13.1 Å². The van der Waals surface area contributed by atoms with E-state index in [1.54, 1.807) is 0 Å². The molecule has 0 aliphatic rings. The monoisotopic (exact) mass is 568 g/mol. The summed E-state index contributed by atoms with van der Waals surface area (Å²) in [7, 11) is 0. The van der Waals surface area contributed by atoms with Crippen LogP contribution in [-0.4, -0.2) is 19.6 Å². The van der Waals surface area contributed by atoms with E-state index < -0.39 is 0 Å². The molecule has 4 heteroatoms. The van der Waals surface area contributed by atoms with Gasteiger partial charge in [-0.05, 0) is 13.0 Å². The summed E-state index contributed by atoms with van der Waals surface area (Å²) < 4.78 is 0. The number of unbranched alkanes of at least 4 members (excludes halogenated alkanes) is 15. The zero-order valence-corrected chi connectivity index (χ0v) is 21.0. The minimum absolute atomic E-state index is 0. The third-order valence-corrected chi connectivity index (χ3v) is 4.53. The summed E-state index contributed by atoms with van der Waals surface area (Å²) in [6.45, 7) is 5.17. The van der Waals surface area contributed by atoms with Crippen molar-refractivity contribution in [1.29, 1.82) is 0 Å². The second-order valence-electron chi connectivity index (χ2n) is 6.84. The lowest BCUT2D eigenvalue weighted by molar-refractivity contribution is 0.526. The second kappa shape index (κ2) is 29.2. The van der Waals surface area contributed by atoms with Crippen molar-refractivity contribution in [2.45, 2.75) is 110 Å². The van der Waals surface area contributed by atoms with Crippen LogP contribution < -0.4 is 11.1 Å². The van der Waals surface area contributed by atoms with Crippen LogP contribution >= 0.6 is 48.0 Å². The van der Waals surface area contributed by atoms with E-state index >= 15 is 0 Å². The highest BCUT2D eigenvalue weighted by molar-refractivity contribution is 14.0. The van der Waals surface area contributed by atoms with Crippen LogP contribution in [-0.2, 0) is 0 Å². The maximum Gasteiger partial charge on any atom is 0.00745 e. The SMILES string of the molecule is CCCCCCCCCCCCCCCCCCNCCN.I.I. The minimum atomic E-state index is 0. The number of halogens is 2. The van der Waals surface area contributed by atoms with Gasteiger partial charge in [-0.25, -0.2) is 0 Å². The van der Waals surface area contributed by atoms with Gasteiger partial charge in [0.1, 0.15) is 0 Å². The van der Waals surface area contributed by atoms with E-state index in [2.05, 4.69) is 12.2 Å². The second-order valence-corrected chi connectivity index (χ2v) is 6.84. The quantitative estimate of drug-likeness (QED) is 0.130. The predicted octanol–water partition coefficient (Wildman–Crippen LogP) is 7.03. The molecule has 0 aromatic rings. The minimum Gasteiger partial charge on any atom is -0.329 e. The topological polar surface area (TPSA) is 38.0 Å². The first kappa shape index (κ1) is 30.1. The highest BCUT2D eigenvalue weighted by Gasteiger charge is 1.94. The summed E-state index contributed by atoms with van der Waals surface area (Å²) in [5.74, 6) is 0. The lowest BCUT2D eigenvalue weighted by atomic mass is 10.0. The number of rotatable bonds is 19. The standard InChI is InChI=1S/C20H44N2.2HI/c1-2-3-4-5-6-7-8-9-10-11-12-13-14-15-16-17-19-22-20-18-21;;/h22H,2-21H2,1H3;2*1H. The van der Waals surface area contributed by atoms with Crippen molar-refractivity contribution in [3.63, 3.8) is 0 Å². The summed E-state index contributed by atoms with van der Waals surface area (Å²) in [4.78, 5) is 0. The van der Waals surface area contributed by atoms with Crippen molar-refractivity contribution in [2.24, 2.45) is 5.73 Å². The zero-order valence-electron chi connectivity index (χ0n) is 16.3. The highest BCUT2D eigenvalue weighted by atomic mass is 127. The van der Waals surface area contributed by atoms with Crippen molar-refractivity contribution < 1.29 is 0 Å². The molecular weight excluding hydrogens is 522 g/mol. The molecule has 0 atom stereocenters. The molecule has 150 valence electrons. The molecule has 0 radical (unpaired) electrons. The summed E-state index contributed by atoms with van der Waals surface area (Å²) in [6, 6.07) is 0. The molecule has 0 heterocycles. The van der Waals surface area contributed by atoms with E-state index in [1.807, 2.05) is 0 Å². The highest BCUT2D eigenvalue weighted by Crippen LogP contribution is 2.13. The average molecular weight is 568 g/mol. The van der Waals surface area contributed by atoms with Gasteiger partial charge in [0.25, 0.3) is 0 Å². The van der Waals surface area contributed by atoms with E-state index in [0.717, 1.165) is 19.6 Å². The molecule has 24 heavy (non-hydrogen) atoms. The van der Waals surface area contributed by atoms with Gasteiger partial charge in [-0.1, -0.05) is 103 Å². The van der Waals surface area contributed by atoms with E-state index in [4.69, 9.17) is 5.73 Å². The summed E-state index contributed by atoms with van der Waals surface area (Å²) in [5, 5.41) is 3.36. The molecule has 0 bridgehead atoms. The van der Waals surface area contributed by atoms with Crippen LogP contribution in [0.5, 0.6) is 0 Å². The fraction of sp³-hybridized carbons (Fsp3) is 1.00. The van der Waals surface area contributed by atoms with Gasteiger partial charge in [0.2, 0.25) is 0 Å². The van der Waals surface area contributed by atoms with Crippen molar-refractivity contribution in [1.82, 2.24) is 5.32 Å². The molecular formula is C20H46I2N2. The maximum atomic E-state index is 5.44. The Morgan fingerprint density at radius 2 is 0.833 bits per heavy atom. The summed E-state index contributed by atoms with van der Waals surface area (Å²) in [6.07, 6.45) is 23.0. The van der Waals surface area contributed by atoms with Crippen LogP contribution in [0, 0.1) is 0 Å². The third kappa shape index (κ3) is 28.2. The van der Waals surface area contributed by atoms with E-state index in [0.29, 0.717) is 0 Å². The van der Waals surface area contributed by atoms with Gasteiger partial charge in [-0.3, -0.25) is 0 Å². The molecule has 0 spiro atoms. The Bertz CT molecular complexity index is 172. The van der Waals surface area contributed by atoms with E-state index in [1.165, 1.54) is 103 Å². The largest absolute Gasteiger partial charge is 0.329 e. The van der Waals surface area contributed by atoms with Crippen molar-refractivity contribution in [3.8, 4) is 0 Å². The van der Waals surface area contributed by atoms with E-state index in [9.17, 15) is 0 Å². The Labute approximate surface area is 187 Å². The smallest absolute Gasteiger partial charge is 0.00745 e. The Morgan fingerprint density at radius 1 is 0.500 bits per heavy atom. The molecule has 3 N–H and O–H groups in total. The molecule has 2 nitrogen and oxygen atoms in total. The maximum absolute atomic E-state index is 5.44. The Morgan fingerprint density at radius 3 is 1.17 bits per heavy atom. The normalized spacial score (nSPS) is 10.2. The summed E-state index contributed by atoms with van der Waals surface area (Å²) in [5.41, 5.74) is 5.44. The van der Waals surface area contributed by atoms with Crippen LogP contribution in [0.1, 0.15) is 110 Å². The molecule has 0 aliphatic heterocycles.